The van der Waals surface area contributed by atoms with Crippen molar-refractivity contribution in [2.24, 2.45) is 5.73 Å². The number of carbonyl (C=O) groups is 1. The fourth-order valence-corrected chi connectivity index (χ4v) is 5.48. The van der Waals surface area contributed by atoms with Crippen LogP contribution in [0.25, 0.3) is 0 Å². The van der Waals surface area contributed by atoms with E-state index in [9.17, 15) is 18.0 Å². The number of ether oxygens (including phenoxy) is 1. The Morgan fingerprint density at radius 1 is 0.872 bits per heavy atom. The molecule has 3 aromatic rings. The highest BCUT2D eigenvalue weighted by Crippen LogP contribution is 2.34. The van der Waals surface area contributed by atoms with Crippen LogP contribution in [-0.4, -0.2) is 55.1 Å². The number of urea groups is 1. The summed E-state index contributed by atoms with van der Waals surface area (Å²) >= 11 is 0. The van der Waals surface area contributed by atoms with Gasteiger partial charge in [-0.1, -0.05) is 18.2 Å². The largest absolute Gasteiger partial charge is 0.454 e. The average molecular weight is 539 g/mol. The Hall–Kier alpha value is -3.72. The van der Waals surface area contributed by atoms with Crippen LogP contribution in [0.1, 0.15) is 35.4 Å². The van der Waals surface area contributed by atoms with Crippen LogP contribution in [0.4, 0.5) is 23.7 Å². The van der Waals surface area contributed by atoms with E-state index in [0.717, 1.165) is 51.1 Å². The number of anilines is 1. The fraction of sp³-hybridized carbons (Fsp3) is 0.367. The molecule has 2 fully saturated rings. The number of piperazine rings is 1. The van der Waals surface area contributed by atoms with E-state index in [4.69, 9.17) is 10.5 Å². The summed E-state index contributed by atoms with van der Waals surface area (Å²) in [5, 5.41) is 0. The van der Waals surface area contributed by atoms with Crippen LogP contribution in [0.15, 0.2) is 54.6 Å². The van der Waals surface area contributed by atoms with Gasteiger partial charge in [0, 0.05) is 50.5 Å². The lowest BCUT2D eigenvalue weighted by molar-refractivity contribution is 0.203. The topological polar surface area (TPSA) is 62.0 Å². The van der Waals surface area contributed by atoms with Crippen LogP contribution in [0, 0.1) is 24.4 Å². The number of primary amides is 1. The summed E-state index contributed by atoms with van der Waals surface area (Å²) in [5.74, 6) is -2.86. The maximum atomic E-state index is 13.9. The van der Waals surface area contributed by atoms with Crippen molar-refractivity contribution in [3.8, 4) is 11.5 Å². The Kier molecular flexibility index (Phi) is 7.97. The van der Waals surface area contributed by atoms with Crippen LogP contribution < -0.4 is 15.4 Å². The lowest BCUT2D eigenvalue weighted by atomic mass is 9.86. The van der Waals surface area contributed by atoms with E-state index >= 15 is 0 Å². The highest BCUT2D eigenvalue weighted by atomic mass is 19.2. The number of hydrogen-bond acceptors (Lipinski definition) is 4. The van der Waals surface area contributed by atoms with E-state index in [1.165, 1.54) is 16.8 Å². The van der Waals surface area contributed by atoms with Gasteiger partial charge in [0.2, 0.25) is 0 Å². The minimum absolute atomic E-state index is 0.351. The zero-order chi connectivity index (χ0) is 27.5. The van der Waals surface area contributed by atoms with Crippen molar-refractivity contribution in [1.82, 2.24) is 9.80 Å². The van der Waals surface area contributed by atoms with Crippen LogP contribution in [0.3, 0.4) is 0 Å². The minimum Gasteiger partial charge on any atom is -0.454 e. The Balaban J connectivity index is 1.15. The minimum atomic E-state index is -1.25. The van der Waals surface area contributed by atoms with Crippen LogP contribution in [0.5, 0.6) is 11.5 Å². The Bertz CT molecular complexity index is 1320. The predicted octanol–water partition coefficient (Wildman–Crippen LogP) is 5.78. The Morgan fingerprint density at radius 2 is 1.54 bits per heavy atom. The molecule has 2 amide bonds. The molecule has 5 rings (SSSR count). The second-order valence-corrected chi connectivity index (χ2v) is 10.3. The first-order valence-electron chi connectivity index (χ1n) is 13.3. The van der Waals surface area contributed by atoms with Crippen molar-refractivity contribution in [3.05, 3.63) is 88.7 Å². The van der Waals surface area contributed by atoms with E-state index in [1.54, 1.807) is 17.0 Å². The molecule has 2 aliphatic heterocycles. The fourth-order valence-electron chi connectivity index (χ4n) is 5.48. The van der Waals surface area contributed by atoms with Crippen molar-refractivity contribution in [3.63, 3.8) is 0 Å². The lowest BCUT2D eigenvalue weighted by Crippen LogP contribution is -2.50. The van der Waals surface area contributed by atoms with Crippen LogP contribution >= 0.6 is 0 Å². The molecule has 2 N–H and O–H groups in total. The number of hydrogen-bond donors (Lipinski definition) is 1. The van der Waals surface area contributed by atoms with E-state index in [1.807, 2.05) is 12.1 Å². The number of aryl methyl sites for hydroxylation is 1. The quantitative estimate of drug-likeness (QED) is 0.404. The zero-order valence-corrected chi connectivity index (χ0v) is 22.0. The molecular weight excluding hydrogens is 505 g/mol. The van der Waals surface area contributed by atoms with E-state index in [-0.39, 0.29) is 11.8 Å². The molecule has 2 saturated heterocycles. The molecule has 2 heterocycles. The number of benzene rings is 3. The summed E-state index contributed by atoms with van der Waals surface area (Å²) in [6, 6.07) is 14.8. The number of amides is 2. The molecule has 3 aromatic carbocycles. The Labute approximate surface area is 226 Å². The van der Waals surface area contributed by atoms with Crippen molar-refractivity contribution in [2.45, 2.75) is 32.2 Å². The molecule has 0 unspecified atom stereocenters. The van der Waals surface area contributed by atoms with Gasteiger partial charge in [0.25, 0.3) is 0 Å². The zero-order valence-electron chi connectivity index (χ0n) is 22.0. The van der Waals surface area contributed by atoms with Gasteiger partial charge in [0.05, 0.1) is 0 Å². The Morgan fingerprint density at radius 3 is 2.21 bits per heavy atom. The highest BCUT2D eigenvalue weighted by Gasteiger charge is 2.24. The molecular formula is C30H33F3N4O2. The monoisotopic (exact) mass is 538 g/mol. The summed E-state index contributed by atoms with van der Waals surface area (Å²) < 4.78 is 45.9. The van der Waals surface area contributed by atoms with Gasteiger partial charge >= 0.3 is 6.03 Å². The van der Waals surface area contributed by atoms with Gasteiger partial charge in [-0.25, -0.2) is 18.0 Å². The molecule has 0 saturated carbocycles. The third-order valence-corrected chi connectivity index (χ3v) is 7.78. The second-order valence-electron chi connectivity index (χ2n) is 10.3. The normalized spacial score (nSPS) is 16.9. The number of nitrogens with zero attached hydrogens (tertiary/aromatic N) is 3. The highest BCUT2D eigenvalue weighted by molar-refractivity contribution is 5.72. The number of carbonyl (C=O) groups excluding carboxylic acids is 1. The first kappa shape index (κ1) is 26.9. The van der Waals surface area contributed by atoms with Gasteiger partial charge in [-0.3, -0.25) is 4.90 Å². The standard InChI is InChI=1S/C30H33F3N4O2/c1-20-2-5-23(36-12-14-37(15-13-36)30(34)38)16-25(20)22-8-10-35(11-9-22)19-21-3-6-24(7-4-21)39-29-18-27(32)26(31)17-28(29)33/h2-7,16-18,22H,8-15,19H2,1H3,(H2,34,38). The van der Waals surface area contributed by atoms with E-state index in [0.29, 0.717) is 36.9 Å². The molecule has 0 atom stereocenters. The van der Waals surface area contributed by atoms with Crippen molar-refractivity contribution in [1.29, 1.82) is 0 Å². The molecule has 0 radical (unpaired) electrons. The first-order chi connectivity index (χ1) is 18.8. The summed E-state index contributed by atoms with van der Waals surface area (Å²) in [6.45, 7) is 7.76. The molecule has 0 bridgehead atoms. The number of halogens is 3. The molecule has 0 aromatic heterocycles. The molecule has 6 nitrogen and oxygen atoms in total. The van der Waals surface area contributed by atoms with Gasteiger partial charge in [-0.05, 0) is 79.7 Å². The van der Waals surface area contributed by atoms with Crippen molar-refractivity contribution < 1.29 is 22.7 Å². The maximum absolute atomic E-state index is 13.9. The van der Waals surface area contributed by atoms with Gasteiger partial charge in [0.15, 0.2) is 23.2 Å². The number of likely N-dealkylation sites (tertiary alicyclic amines) is 1. The predicted molar refractivity (Wildman–Crippen MR) is 145 cm³/mol. The van der Waals surface area contributed by atoms with Gasteiger partial charge in [0.1, 0.15) is 5.75 Å². The molecule has 39 heavy (non-hydrogen) atoms. The van der Waals surface area contributed by atoms with Crippen LogP contribution in [0.2, 0.25) is 0 Å². The summed E-state index contributed by atoms with van der Waals surface area (Å²) in [4.78, 5) is 17.9. The molecule has 0 spiro atoms. The van der Waals surface area contributed by atoms with Gasteiger partial charge in [-0.15, -0.1) is 0 Å². The van der Waals surface area contributed by atoms with E-state index < -0.39 is 17.5 Å². The van der Waals surface area contributed by atoms with Crippen molar-refractivity contribution >= 4 is 11.7 Å². The van der Waals surface area contributed by atoms with Gasteiger partial charge < -0.3 is 20.3 Å². The summed E-state index contributed by atoms with van der Waals surface area (Å²) in [7, 11) is 0. The summed E-state index contributed by atoms with van der Waals surface area (Å²) in [5.41, 5.74) is 10.4. The summed E-state index contributed by atoms with van der Waals surface area (Å²) in [6.07, 6.45) is 2.13. The smallest absolute Gasteiger partial charge is 0.314 e. The van der Waals surface area contributed by atoms with E-state index in [2.05, 4.69) is 34.9 Å². The molecule has 0 aliphatic carbocycles. The lowest BCUT2D eigenvalue weighted by Gasteiger charge is -2.36. The number of rotatable bonds is 6. The number of nitrogens with two attached hydrogens (primary N) is 1. The van der Waals surface area contributed by atoms with Gasteiger partial charge in [-0.2, -0.15) is 0 Å². The molecule has 206 valence electrons. The SMILES string of the molecule is Cc1ccc(N2CCN(C(N)=O)CC2)cc1C1CCN(Cc2ccc(Oc3cc(F)c(F)cc3F)cc2)CC1. The molecule has 2 aliphatic rings. The van der Waals surface area contributed by atoms with Crippen molar-refractivity contribution in [2.75, 3.05) is 44.2 Å². The maximum Gasteiger partial charge on any atom is 0.314 e. The third kappa shape index (κ3) is 6.30. The second kappa shape index (κ2) is 11.6. The average Bonchev–Trinajstić information content (AvgIpc) is 2.93. The third-order valence-electron chi connectivity index (χ3n) is 7.78. The first-order valence-corrected chi connectivity index (χ1v) is 13.3. The van der Waals surface area contributed by atoms with Crippen LogP contribution in [-0.2, 0) is 6.54 Å². The molecule has 9 heteroatoms. The number of piperidine rings is 1.